The molecule has 0 heterocycles. The van der Waals surface area contributed by atoms with Crippen molar-refractivity contribution in [3.63, 3.8) is 0 Å². The molecule has 0 saturated carbocycles. The zero-order valence-electron chi connectivity index (χ0n) is 11.3. The number of nitrogens with two attached hydrogens (primary N) is 1. The van der Waals surface area contributed by atoms with Gasteiger partial charge in [0.25, 0.3) is 0 Å². The van der Waals surface area contributed by atoms with Crippen molar-refractivity contribution in [3.8, 4) is 0 Å². The van der Waals surface area contributed by atoms with E-state index in [2.05, 4.69) is 21.2 Å². The molecule has 0 saturated heterocycles. The lowest BCUT2D eigenvalue weighted by atomic mass is 10.2. The molecule has 0 radical (unpaired) electrons. The van der Waals surface area contributed by atoms with E-state index in [-0.39, 0.29) is 11.7 Å². The first-order valence-corrected chi connectivity index (χ1v) is 8.35. The highest BCUT2D eigenvalue weighted by atomic mass is 79.9. The summed E-state index contributed by atoms with van der Waals surface area (Å²) in [6.07, 6.45) is 0. The van der Waals surface area contributed by atoms with E-state index < -0.39 is 0 Å². The van der Waals surface area contributed by atoms with Crippen LogP contribution >= 0.6 is 39.3 Å². The summed E-state index contributed by atoms with van der Waals surface area (Å²) in [6, 6.07) is 10.9. The normalized spacial score (nSPS) is 10.4. The van der Waals surface area contributed by atoms with Crippen LogP contribution in [0, 0.1) is 6.92 Å². The van der Waals surface area contributed by atoms with Gasteiger partial charge in [-0.3, -0.25) is 4.79 Å². The molecule has 0 aliphatic heterocycles. The standard InChI is InChI=1S/C15H14BrClN2OS/c1-9-6-11(3-4-12(9)16)19-15(20)8-21-14-7-10(17)2-5-13(14)18/h2-7H,8,18H2,1H3,(H,19,20). The molecular weight excluding hydrogens is 372 g/mol. The summed E-state index contributed by atoms with van der Waals surface area (Å²) < 4.78 is 1.02. The third-order valence-corrected chi connectivity index (χ3v) is 4.97. The number of thioether (sulfide) groups is 1. The van der Waals surface area contributed by atoms with Crippen LogP contribution in [0.4, 0.5) is 11.4 Å². The number of halogens is 2. The van der Waals surface area contributed by atoms with Crippen LogP contribution in [0.25, 0.3) is 0 Å². The number of hydrogen-bond acceptors (Lipinski definition) is 3. The fraction of sp³-hybridized carbons (Fsp3) is 0.133. The zero-order chi connectivity index (χ0) is 15.4. The summed E-state index contributed by atoms with van der Waals surface area (Å²) in [7, 11) is 0. The number of benzene rings is 2. The minimum Gasteiger partial charge on any atom is -0.398 e. The van der Waals surface area contributed by atoms with Crippen molar-refractivity contribution in [2.45, 2.75) is 11.8 Å². The predicted molar refractivity (Wildman–Crippen MR) is 94.1 cm³/mol. The Morgan fingerprint density at radius 3 is 2.81 bits per heavy atom. The van der Waals surface area contributed by atoms with Gasteiger partial charge < -0.3 is 11.1 Å². The Hall–Kier alpha value is -1.17. The Morgan fingerprint density at radius 1 is 1.33 bits per heavy atom. The Bertz CT molecular complexity index is 679. The summed E-state index contributed by atoms with van der Waals surface area (Å²) >= 11 is 10.7. The molecule has 6 heteroatoms. The second-order valence-corrected chi connectivity index (χ2v) is 6.79. The van der Waals surface area contributed by atoms with E-state index in [4.69, 9.17) is 17.3 Å². The fourth-order valence-corrected chi connectivity index (χ4v) is 2.98. The van der Waals surface area contributed by atoms with Crippen molar-refractivity contribution >= 4 is 56.6 Å². The van der Waals surface area contributed by atoms with Gasteiger partial charge in [-0.1, -0.05) is 27.5 Å². The van der Waals surface area contributed by atoms with Crippen molar-refractivity contribution < 1.29 is 4.79 Å². The lowest BCUT2D eigenvalue weighted by molar-refractivity contribution is -0.113. The number of rotatable bonds is 4. The highest BCUT2D eigenvalue weighted by molar-refractivity contribution is 9.10. The molecule has 110 valence electrons. The Morgan fingerprint density at radius 2 is 2.10 bits per heavy atom. The number of amides is 1. The largest absolute Gasteiger partial charge is 0.398 e. The molecular formula is C15H14BrClN2OS. The topological polar surface area (TPSA) is 55.1 Å². The number of nitrogen functional groups attached to an aromatic ring is 1. The van der Waals surface area contributed by atoms with Crippen LogP contribution < -0.4 is 11.1 Å². The number of carbonyl (C=O) groups excluding carboxylic acids is 1. The van der Waals surface area contributed by atoms with E-state index in [9.17, 15) is 4.79 Å². The molecule has 2 aromatic carbocycles. The second kappa shape index (κ2) is 7.20. The first-order valence-electron chi connectivity index (χ1n) is 6.19. The molecule has 2 aromatic rings. The average Bonchev–Trinajstić information content (AvgIpc) is 2.44. The summed E-state index contributed by atoms with van der Waals surface area (Å²) in [6.45, 7) is 1.97. The second-order valence-electron chi connectivity index (χ2n) is 4.48. The van der Waals surface area contributed by atoms with E-state index in [1.54, 1.807) is 18.2 Å². The van der Waals surface area contributed by atoms with E-state index in [0.29, 0.717) is 10.7 Å². The number of aryl methyl sites for hydroxylation is 1. The van der Waals surface area contributed by atoms with Crippen LogP contribution in [-0.4, -0.2) is 11.7 Å². The van der Waals surface area contributed by atoms with E-state index in [1.807, 2.05) is 25.1 Å². The summed E-state index contributed by atoms with van der Waals surface area (Å²) in [4.78, 5) is 12.8. The quantitative estimate of drug-likeness (QED) is 0.591. The van der Waals surface area contributed by atoms with Crippen molar-refractivity contribution in [2.75, 3.05) is 16.8 Å². The van der Waals surface area contributed by atoms with E-state index in [0.717, 1.165) is 20.6 Å². The fourth-order valence-electron chi connectivity index (χ4n) is 1.70. The summed E-state index contributed by atoms with van der Waals surface area (Å²) in [5.74, 6) is 0.195. The van der Waals surface area contributed by atoms with Gasteiger partial charge in [-0.15, -0.1) is 11.8 Å². The van der Waals surface area contributed by atoms with E-state index in [1.165, 1.54) is 11.8 Å². The van der Waals surface area contributed by atoms with Gasteiger partial charge in [0.15, 0.2) is 0 Å². The van der Waals surface area contributed by atoms with Gasteiger partial charge in [0.1, 0.15) is 0 Å². The highest BCUT2D eigenvalue weighted by Crippen LogP contribution is 2.28. The molecule has 0 fully saturated rings. The lowest BCUT2D eigenvalue weighted by Crippen LogP contribution is -2.14. The molecule has 3 N–H and O–H groups in total. The van der Waals surface area contributed by atoms with Crippen molar-refractivity contribution in [1.82, 2.24) is 0 Å². The Kier molecular flexibility index (Phi) is 5.56. The van der Waals surface area contributed by atoms with Crippen LogP contribution in [0.1, 0.15) is 5.56 Å². The molecule has 2 rings (SSSR count). The molecule has 0 aliphatic carbocycles. The van der Waals surface area contributed by atoms with Crippen molar-refractivity contribution in [2.24, 2.45) is 0 Å². The third kappa shape index (κ3) is 4.66. The zero-order valence-corrected chi connectivity index (χ0v) is 14.5. The van der Waals surface area contributed by atoms with Gasteiger partial charge >= 0.3 is 0 Å². The third-order valence-electron chi connectivity index (χ3n) is 2.78. The monoisotopic (exact) mass is 384 g/mol. The Balaban J connectivity index is 1.95. The number of anilines is 2. The molecule has 3 nitrogen and oxygen atoms in total. The van der Waals surface area contributed by atoms with Crippen LogP contribution in [0.5, 0.6) is 0 Å². The average molecular weight is 386 g/mol. The van der Waals surface area contributed by atoms with Crippen LogP contribution in [0.15, 0.2) is 45.8 Å². The van der Waals surface area contributed by atoms with Crippen molar-refractivity contribution in [1.29, 1.82) is 0 Å². The predicted octanol–water partition coefficient (Wildman–Crippen LogP) is 4.72. The number of nitrogens with one attached hydrogen (secondary N) is 1. The SMILES string of the molecule is Cc1cc(NC(=O)CSc2cc(Cl)ccc2N)ccc1Br. The Labute approximate surface area is 141 Å². The highest BCUT2D eigenvalue weighted by Gasteiger charge is 2.07. The van der Waals surface area contributed by atoms with Gasteiger partial charge in [0.2, 0.25) is 5.91 Å². The maximum atomic E-state index is 12.0. The number of carbonyl (C=O) groups is 1. The molecule has 21 heavy (non-hydrogen) atoms. The maximum absolute atomic E-state index is 12.0. The molecule has 0 atom stereocenters. The lowest BCUT2D eigenvalue weighted by Gasteiger charge is -2.08. The van der Waals surface area contributed by atoms with Crippen LogP contribution in [-0.2, 0) is 4.79 Å². The molecule has 0 unspecified atom stereocenters. The number of hydrogen-bond donors (Lipinski definition) is 2. The molecule has 0 aliphatic rings. The van der Waals surface area contributed by atoms with Gasteiger partial charge in [0.05, 0.1) is 5.75 Å². The van der Waals surface area contributed by atoms with Crippen molar-refractivity contribution in [3.05, 3.63) is 51.5 Å². The summed E-state index contributed by atoms with van der Waals surface area (Å²) in [5, 5.41) is 3.47. The molecule has 1 amide bonds. The smallest absolute Gasteiger partial charge is 0.234 e. The van der Waals surface area contributed by atoms with Crippen LogP contribution in [0.3, 0.4) is 0 Å². The maximum Gasteiger partial charge on any atom is 0.234 e. The van der Waals surface area contributed by atoms with E-state index >= 15 is 0 Å². The van der Waals surface area contributed by atoms with Gasteiger partial charge in [0, 0.05) is 25.8 Å². The van der Waals surface area contributed by atoms with Crippen LogP contribution in [0.2, 0.25) is 5.02 Å². The van der Waals surface area contributed by atoms with Gasteiger partial charge in [-0.05, 0) is 48.9 Å². The summed E-state index contributed by atoms with van der Waals surface area (Å²) in [5.41, 5.74) is 8.32. The minimum atomic E-state index is -0.0823. The molecule has 0 aromatic heterocycles. The van der Waals surface area contributed by atoms with Gasteiger partial charge in [-0.25, -0.2) is 0 Å². The van der Waals surface area contributed by atoms with Gasteiger partial charge in [-0.2, -0.15) is 0 Å². The first-order chi connectivity index (χ1) is 9.95. The molecule has 0 bridgehead atoms. The minimum absolute atomic E-state index is 0.0823. The molecule has 0 spiro atoms. The first kappa shape index (κ1) is 16.2.